The Labute approximate surface area is 270 Å². The number of carbonyl (C=O) groups is 2. The van der Waals surface area contributed by atoms with E-state index in [1.54, 1.807) is 36.9 Å². The molecule has 0 radical (unpaired) electrons. The Morgan fingerprint density at radius 3 is 2.55 bits per heavy atom. The molecular formula is C26H23ClF5IN8O2S. The number of aryl methyl sites for hydroxylation is 1. The summed E-state index contributed by atoms with van der Waals surface area (Å²) < 4.78 is 68.5. The van der Waals surface area contributed by atoms with E-state index in [0.29, 0.717) is 17.5 Å². The summed E-state index contributed by atoms with van der Waals surface area (Å²) >= 11 is 9.94. The molecule has 2 amide bonds. The second-order valence-corrected chi connectivity index (χ2v) is 12.1. The van der Waals surface area contributed by atoms with Crippen LogP contribution in [0.15, 0.2) is 42.7 Å². The molecule has 1 atom stereocenters. The van der Waals surface area contributed by atoms with Crippen molar-refractivity contribution >= 4 is 63.5 Å². The molecule has 234 valence electrons. The smallest absolute Gasteiger partial charge is 0.349 e. The van der Waals surface area contributed by atoms with Gasteiger partial charge in [-0.25, -0.2) is 14.3 Å². The Kier molecular flexibility index (Phi) is 10.2. The molecule has 4 aromatic rings. The lowest BCUT2D eigenvalue weighted by atomic mass is 10.1. The molecule has 0 saturated carbocycles. The molecule has 0 aliphatic heterocycles. The van der Waals surface area contributed by atoms with Gasteiger partial charge in [0, 0.05) is 21.6 Å². The zero-order valence-electron chi connectivity index (χ0n) is 23.1. The number of amides is 2. The fourth-order valence-electron chi connectivity index (χ4n) is 4.05. The first-order valence-electron chi connectivity index (χ1n) is 12.6. The predicted molar refractivity (Wildman–Crippen MR) is 163 cm³/mol. The van der Waals surface area contributed by atoms with Gasteiger partial charge >= 0.3 is 12.1 Å². The first-order chi connectivity index (χ1) is 20.6. The molecule has 0 fully saturated rings. The minimum Gasteiger partial charge on any atom is -0.349 e. The quantitative estimate of drug-likeness (QED) is 0.153. The van der Waals surface area contributed by atoms with Gasteiger partial charge in [-0.1, -0.05) is 16.8 Å². The summed E-state index contributed by atoms with van der Waals surface area (Å²) in [4.78, 5) is 31.1. The van der Waals surface area contributed by atoms with Crippen LogP contribution < -0.4 is 10.6 Å². The van der Waals surface area contributed by atoms with E-state index >= 15 is 0 Å². The lowest BCUT2D eigenvalue weighted by Crippen LogP contribution is -2.35. The van der Waals surface area contributed by atoms with Crippen LogP contribution in [0.4, 0.5) is 27.6 Å². The van der Waals surface area contributed by atoms with Crippen molar-refractivity contribution < 1.29 is 31.5 Å². The van der Waals surface area contributed by atoms with Crippen molar-refractivity contribution in [1.29, 1.82) is 0 Å². The summed E-state index contributed by atoms with van der Waals surface area (Å²) in [5.41, 5.74) is -0.633. The molecule has 4 rings (SSSR count). The van der Waals surface area contributed by atoms with E-state index in [1.807, 2.05) is 13.2 Å². The van der Waals surface area contributed by atoms with Crippen molar-refractivity contribution in [1.82, 2.24) is 35.1 Å². The Morgan fingerprint density at radius 2 is 1.89 bits per heavy atom. The van der Waals surface area contributed by atoms with Gasteiger partial charge in [0.25, 0.3) is 11.8 Å². The highest BCUT2D eigenvalue weighted by Crippen LogP contribution is 2.42. The highest BCUT2D eigenvalue weighted by Gasteiger charge is 2.60. The molecule has 0 aliphatic rings. The standard InChI is InChI=1S/C26H23ClF5IN8O2S/c1-13-7-15(33)8-17(23(42)35-14(2)12-44-3)21(13)36-24(43)19-9-16(38-41(19)22-18(27)5-4-6-34-22)10-40-11-20(37-39-40)25(28,29)26(30,31)32/h4-9,11,14H,10,12H2,1-3H3,(H,35,42)(H,36,43)/t14-/m0/s1. The third kappa shape index (κ3) is 7.31. The van der Waals surface area contributed by atoms with E-state index in [9.17, 15) is 31.5 Å². The van der Waals surface area contributed by atoms with Gasteiger partial charge in [0.1, 0.15) is 5.69 Å². The van der Waals surface area contributed by atoms with Gasteiger partial charge in [-0.05, 0) is 78.6 Å². The van der Waals surface area contributed by atoms with Crippen LogP contribution in [0.25, 0.3) is 5.82 Å². The summed E-state index contributed by atoms with van der Waals surface area (Å²) in [7, 11) is 0. The third-order valence-corrected chi connectivity index (χ3v) is 7.80. The minimum atomic E-state index is -5.87. The van der Waals surface area contributed by atoms with Crippen LogP contribution in [0.2, 0.25) is 5.02 Å². The maximum absolute atomic E-state index is 13.8. The number of nitrogens with one attached hydrogen (secondary N) is 2. The Hall–Kier alpha value is -3.32. The third-order valence-electron chi connectivity index (χ3n) is 6.05. The number of carbonyl (C=O) groups excluding carboxylic acids is 2. The van der Waals surface area contributed by atoms with Gasteiger partial charge in [0.05, 0.1) is 34.7 Å². The van der Waals surface area contributed by atoms with E-state index in [4.69, 9.17) is 11.6 Å². The average Bonchev–Trinajstić information content (AvgIpc) is 3.57. The molecule has 0 spiro atoms. The van der Waals surface area contributed by atoms with E-state index < -0.39 is 36.2 Å². The zero-order valence-corrected chi connectivity index (χ0v) is 26.8. The van der Waals surface area contributed by atoms with Crippen molar-refractivity contribution in [2.75, 3.05) is 17.3 Å². The molecule has 3 aromatic heterocycles. The number of thioether (sulfide) groups is 1. The maximum Gasteiger partial charge on any atom is 0.459 e. The van der Waals surface area contributed by atoms with Crippen LogP contribution >= 0.6 is 46.0 Å². The molecule has 0 bridgehead atoms. The maximum atomic E-state index is 13.8. The molecule has 0 unspecified atom stereocenters. The number of aromatic nitrogens is 6. The van der Waals surface area contributed by atoms with Crippen LogP contribution in [0.1, 0.15) is 44.7 Å². The lowest BCUT2D eigenvalue weighted by molar-refractivity contribution is -0.291. The molecule has 1 aromatic carbocycles. The van der Waals surface area contributed by atoms with E-state index in [1.165, 1.54) is 18.3 Å². The van der Waals surface area contributed by atoms with Crippen LogP contribution in [0.5, 0.6) is 0 Å². The molecule has 2 N–H and O–H groups in total. The van der Waals surface area contributed by atoms with E-state index in [0.717, 1.165) is 12.9 Å². The highest BCUT2D eigenvalue weighted by molar-refractivity contribution is 14.1. The van der Waals surface area contributed by atoms with Crippen molar-refractivity contribution in [2.45, 2.75) is 38.5 Å². The van der Waals surface area contributed by atoms with Crippen molar-refractivity contribution in [2.24, 2.45) is 0 Å². The summed E-state index contributed by atoms with van der Waals surface area (Å²) in [6.07, 6.45) is -2.12. The van der Waals surface area contributed by atoms with Gasteiger partial charge in [-0.3, -0.25) is 9.59 Å². The number of alkyl halides is 5. The molecule has 10 nitrogen and oxygen atoms in total. The largest absolute Gasteiger partial charge is 0.459 e. The molecule has 0 aliphatic carbocycles. The highest BCUT2D eigenvalue weighted by atomic mass is 127. The fourth-order valence-corrected chi connectivity index (χ4v) is 5.62. The molecular weight excluding hydrogens is 746 g/mol. The van der Waals surface area contributed by atoms with Gasteiger partial charge in [0.15, 0.2) is 11.5 Å². The Morgan fingerprint density at radius 1 is 1.16 bits per heavy atom. The molecule has 3 heterocycles. The number of rotatable bonds is 10. The van der Waals surface area contributed by atoms with E-state index in [-0.39, 0.29) is 39.5 Å². The normalized spacial score (nSPS) is 12.7. The monoisotopic (exact) mass is 768 g/mol. The SMILES string of the molecule is CSC[C@H](C)NC(=O)c1cc(I)cc(C)c1NC(=O)c1cc(Cn2cc(C(F)(F)C(F)(F)F)nn2)nn1-c1ncccc1Cl. The Balaban J connectivity index is 1.71. The fraction of sp³-hybridized carbons (Fsp3) is 0.308. The van der Waals surface area contributed by atoms with Crippen molar-refractivity contribution in [3.8, 4) is 5.82 Å². The number of nitrogens with zero attached hydrogens (tertiary/aromatic N) is 6. The summed E-state index contributed by atoms with van der Waals surface area (Å²) in [6.45, 7) is 3.14. The second-order valence-electron chi connectivity index (χ2n) is 9.54. The number of pyridine rings is 1. The van der Waals surface area contributed by atoms with Gasteiger partial charge in [0.2, 0.25) is 0 Å². The first-order valence-corrected chi connectivity index (χ1v) is 15.4. The summed E-state index contributed by atoms with van der Waals surface area (Å²) in [6, 6.07) is 7.56. The first kappa shape index (κ1) is 33.6. The predicted octanol–water partition coefficient (Wildman–Crippen LogP) is 5.86. The van der Waals surface area contributed by atoms with Crippen LogP contribution in [0, 0.1) is 10.5 Å². The van der Waals surface area contributed by atoms with Crippen molar-refractivity contribution in [3.63, 3.8) is 0 Å². The topological polar surface area (TPSA) is 120 Å². The van der Waals surface area contributed by atoms with Gasteiger partial charge in [-0.2, -0.15) is 38.8 Å². The molecule has 18 heteroatoms. The Bertz CT molecular complexity index is 1700. The zero-order chi connectivity index (χ0) is 32.4. The number of hydrogen-bond acceptors (Lipinski definition) is 7. The van der Waals surface area contributed by atoms with Crippen molar-refractivity contribution in [3.05, 3.63) is 79.5 Å². The number of halogens is 7. The van der Waals surface area contributed by atoms with E-state index in [2.05, 4.69) is 53.6 Å². The number of hydrogen-bond donors (Lipinski definition) is 2. The number of anilines is 1. The summed E-state index contributed by atoms with van der Waals surface area (Å²) in [5, 5.41) is 16.4. The lowest BCUT2D eigenvalue weighted by Gasteiger charge is -2.18. The van der Waals surface area contributed by atoms with Crippen LogP contribution in [-0.2, 0) is 12.5 Å². The average molecular weight is 769 g/mol. The van der Waals surface area contributed by atoms with Gasteiger partial charge < -0.3 is 10.6 Å². The molecule has 44 heavy (non-hydrogen) atoms. The summed E-state index contributed by atoms with van der Waals surface area (Å²) in [5.74, 6) is -5.65. The molecule has 0 saturated heterocycles. The van der Waals surface area contributed by atoms with Crippen LogP contribution in [0.3, 0.4) is 0 Å². The second kappa shape index (κ2) is 13.4. The van der Waals surface area contributed by atoms with Gasteiger partial charge in [-0.15, -0.1) is 5.10 Å². The number of benzene rings is 1. The van der Waals surface area contributed by atoms with Crippen LogP contribution in [-0.4, -0.2) is 65.8 Å². The minimum absolute atomic E-state index is 0.0341.